The predicted octanol–water partition coefficient (Wildman–Crippen LogP) is 0.876. The van der Waals surface area contributed by atoms with E-state index in [0.29, 0.717) is 12.1 Å². The van der Waals surface area contributed by atoms with E-state index in [0.717, 1.165) is 25.9 Å². The number of nitrogens with zero attached hydrogens (tertiary/aromatic N) is 2. The van der Waals surface area contributed by atoms with Crippen LogP contribution in [0.15, 0.2) is 0 Å². The first-order chi connectivity index (χ1) is 7.58. The van der Waals surface area contributed by atoms with E-state index in [9.17, 15) is 4.79 Å². The second-order valence-electron chi connectivity index (χ2n) is 5.41. The molecule has 1 aliphatic carbocycles. The monoisotopic (exact) mass is 226 g/mol. The fourth-order valence-electron chi connectivity index (χ4n) is 2.82. The van der Waals surface area contributed by atoms with Gasteiger partial charge in [0.2, 0.25) is 0 Å². The molecule has 16 heavy (non-hydrogen) atoms. The maximum Gasteiger partial charge on any atom is 0.306 e. The number of hydrogen-bond donors (Lipinski definition) is 1. The van der Waals surface area contributed by atoms with E-state index in [-0.39, 0.29) is 5.92 Å². The first-order valence-corrected chi connectivity index (χ1v) is 6.21. The van der Waals surface area contributed by atoms with Crippen LogP contribution in [0.2, 0.25) is 0 Å². The van der Waals surface area contributed by atoms with Gasteiger partial charge in [-0.3, -0.25) is 9.69 Å². The van der Waals surface area contributed by atoms with Crippen molar-refractivity contribution in [2.24, 2.45) is 5.92 Å². The summed E-state index contributed by atoms with van der Waals surface area (Å²) in [6, 6.07) is 1.18. The average Bonchev–Trinajstić information content (AvgIpc) is 2.15. The lowest BCUT2D eigenvalue weighted by atomic mass is 9.78. The number of carboxylic acids is 1. The summed E-state index contributed by atoms with van der Waals surface area (Å²) in [5, 5.41) is 8.86. The van der Waals surface area contributed by atoms with Crippen LogP contribution in [0.1, 0.15) is 25.7 Å². The van der Waals surface area contributed by atoms with Crippen molar-refractivity contribution in [2.45, 2.75) is 37.8 Å². The summed E-state index contributed by atoms with van der Waals surface area (Å²) in [5.41, 5.74) is 0. The molecule has 1 saturated carbocycles. The van der Waals surface area contributed by atoms with Crippen LogP contribution in [0.5, 0.6) is 0 Å². The van der Waals surface area contributed by atoms with Gasteiger partial charge in [0.15, 0.2) is 0 Å². The summed E-state index contributed by atoms with van der Waals surface area (Å²) in [7, 11) is 4.27. The van der Waals surface area contributed by atoms with Crippen molar-refractivity contribution < 1.29 is 9.90 Å². The third kappa shape index (κ3) is 2.38. The van der Waals surface area contributed by atoms with Gasteiger partial charge in [-0.05, 0) is 46.3 Å². The second kappa shape index (κ2) is 4.72. The lowest BCUT2D eigenvalue weighted by Crippen LogP contribution is -2.54. The van der Waals surface area contributed by atoms with E-state index in [2.05, 4.69) is 23.9 Å². The van der Waals surface area contributed by atoms with Crippen LogP contribution in [-0.4, -0.2) is 60.1 Å². The largest absolute Gasteiger partial charge is 0.481 e. The highest BCUT2D eigenvalue weighted by atomic mass is 16.4. The number of rotatable bonds is 3. The van der Waals surface area contributed by atoms with Gasteiger partial charge in [0.25, 0.3) is 0 Å². The third-order valence-electron chi connectivity index (χ3n) is 4.14. The molecule has 1 atom stereocenters. The van der Waals surface area contributed by atoms with Crippen molar-refractivity contribution in [1.82, 2.24) is 9.80 Å². The fourth-order valence-corrected chi connectivity index (χ4v) is 2.82. The molecule has 1 heterocycles. The minimum absolute atomic E-state index is 0.0790. The molecule has 0 amide bonds. The van der Waals surface area contributed by atoms with Crippen molar-refractivity contribution in [3.05, 3.63) is 0 Å². The van der Waals surface area contributed by atoms with Crippen molar-refractivity contribution in [3.8, 4) is 0 Å². The molecular weight excluding hydrogens is 204 g/mol. The maximum atomic E-state index is 10.8. The summed E-state index contributed by atoms with van der Waals surface area (Å²) in [5.74, 6) is -0.692. The lowest BCUT2D eigenvalue weighted by Gasteiger charge is -2.46. The molecule has 1 saturated heterocycles. The summed E-state index contributed by atoms with van der Waals surface area (Å²) in [4.78, 5) is 15.5. The zero-order valence-electron chi connectivity index (χ0n) is 10.2. The van der Waals surface area contributed by atoms with E-state index in [1.807, 2.05) is 0 Å². The molecule has 2 aliphatic rings. The van der Waals surface area contributed by atoms with Crippen LogP contribution < -0.4 is 0 Å². The topological polar surface area (TPSA) is 43.8 Å². The molecule has 0 radical (unpaired) electrons. The predicted molar refractivity (Wildman–Crippen MR) is 62.4 cm³/mol. The Bertz CT molecular complexity index is 262. The number of carbonyl (C=O) groups is 1. The molecule has 0 aromatic carbocycles. The van der Waals surface area contributed by atoms with Gasteiger partial charge < -0.3 is 10.0 Å². The molecular formula is C12H22N2O2. The van der Waals surface area contributed by atoms with Gasteiger partial charge in [-0.15, -0.1) is 0 Å². The SMILES string of the molecule is CN(C)C1CCCN(C2CC(C(=O)O)C2)C1. The number of piperidine rings is 1. The Labute approximate surface area is 97.2 Å². The summed E-state index contributed by atoms with van der Waals surface area (Å²) in [6.07, 6.45) is 4.24. The Morgan fingerprint density at radius 3 is 2.62 bits per heavy atom. The standard InChI is InChI=1S/C12H22N2O2/c1-13(2)10-4-3-5-14(8-10)11-6-9(7-11)12(15)16/h9-11H,3-8H2,1-2H3,(H,15,16). The average molecular weight is 226 g/mol. The molecule has 0 spiro atoms. The Hall–Kier alpha value is -0.610. The van der Waals surface area contributed by atoms with Gasteiger partial charge in [0.05, 0.1) is 5.92 Å². The molecule has 2 rings (SSSR count). The summed E-state index contributed by atoms with van der Waals surface area (Å²) in [6.45, 7) is 2.27. The highest BCUT2D eigenvalue weighted by Crippen LogP contribution is 2.33. The molecule has 92 valence electrons. The summed E-state index contributed by atoms with van der Waals surface area (Å²) >= 11 is 0. The number of likely N-dealkylation sites (N-methyl/N-ethyl adjacent to an activating group) is 1. The number of likely N-dealkylation sites (tertiary alicyclic amines) is 1. The van der Waals surface area contributed by atoms with E-state index < -0.39 is 5.97 Å². The number of hydrogen-bond acceptors (Lipinski definition) is 3. The van der Waals surface area contributed by atoms with Gasteiger partial charge in [0, 0.05) is 18.6 Å². The van der Waals surface area contributed by atoms with Crippen LogP contribution in [0.3, 0.4) is 0 Å². The molecule has 2 fully saturated rings. The minimum atomic E-state index is -0.614. The van der Waals surface area contributed by atoms with Crippen molar-refractivity contribution in [3.63, 3.8) is 0 Å². The van der Waals surface area contributed by atoms with Gasteiger partial charge in [0.1, 0.15) is 0 Å². The van der Waals surface area contributed by atoms with Gasteiger partial charge in [-0.1, -0.05) is 0 Å². The highest BCUT2D eigenvalue weighted by molar-refractivity contribution is 5.71. The van der Waals surface area contributed by atoms with E-state index in [1.165, 1.54) is 12.8 Å². The quantitative estimate of drug-likeness (QED) is 0.775. The minimum Gasteiger partial charge on any atom is -0.481 e. The zero-order chi connectivity index (χ0) is 11.7. The molecule has 0 bridgehead atoms. The molecule has 1 N–H and O–H groups in total. The molecule has 1 unspecified atom stereocenters. The van der Waals surface area contributed by atoms with Crippen molar-refractivity contribution in [1.29, 1.82) is 0 Å². The smallest absolute Gasteiger partial charge is 0.306 e. The first kappa shape index (κ1) is 11.9. The fraction of sp³-hybridized carbons (Fsp3) is 0.917. The van der Waals surface area contributed by atoms with Gasteiger partial charge in [-0.25, -0.2) is 0 Å². The van der Waals surface area contributed by atoms with Crippen molar-refractivity contribution in [2.75, 3.05) is 27.2 Å². The second-order valence-corrected chi connectivity index (χ2v) is 5.41. The molecule has 4 heteroatoms. The van der Waals surface area contributed by atoms with Crippen LogP contribution in [0.25, 0.3) is 0 Å². The van der Waals surface area contributed by atoms with Gasteiger partial charge in [-0.2, -0.15) is 0 Å². The molecule has 4 nitrogen and oxygen atoms in total. The Balaban J connectivity index is 1.81. The van der Waals surface area contributed by atoms with E-state index in [1.54, 1.807) is 0 Å². The van der Waals surface area contributed by atoms with Crippen LogP contribution >= 0.6 is 0 Å². The van der Waals surface area contributed by atoms with E-state index >= 15 is 0 Å². The summed E-state index contributed by atoms with van der Waals surface area (Å²) < 4.78 is 0. The molecule has 1 aliphatic heterocycles. The maximum absolute atomic E-state index is 10.8. The molecule has 0 aromatic rings. The number of aliphatic carboxylic acids is 1. The van der Waals surface area contributed by atoms with E-state index in [4.69, 9.17) is 5.11 Å². The first-order valence-electron chi connectivity index (χ1n) is 6.21. The Morgan fingerprint density at radius 1 is 1.38 bits per heavy atom. The van der Waals surface area contributed by atoms with Crippen LogP contribution in [0, 0.1) is 5.92 Å². The highest BCUT2D eigenvalue weighted by Gasteiger charge is 2.39. The normalized spacial score (nSPS) is 36.1. The van der Waals surface area contributed by atoms with Crippen molar-refractivity contribution >= 4 is 5.97 Å². The third-order valence-corrected chi connectivity index (χ3v) is 4.14. The van der Waals surface area contributed by atoms with Crippen LogP contribution in [0.4, 0.5) is 0 Å². The lowest BCUT2D eigenvalue weighted by molar-refractivity contribution is -0.147. The molecule has 0 aromatic heterocycles. The van der Waals surface area contributed by atoms with Crippen LogP contribution in [-0.2, 0) is 4.79 Å². The number of carboxylic acid groups (broad SMARTS) is 1. The van der Waals surface area contributed by atoms with Gasteiger partial charge >= 0.3 is 5.97 Å². The Morgan fingerprint density at radius 2 is 2.06 bits per heavy atom. The Kier molecular flexibility index (Phi) is 3.50. The zero-order valence-corrected chi connectivity index (χ0v) is 10.2.